The number of fused-ring (bicyclic) bond motifs is 3. The highest BCUT2D eigenvalue weighted by Gasteiger charge is 2.20. The molecular formula is C28H25N3O3S. The molecule has 0 saturated heterocycles. The molecule has 0 fully saturated rings. The third-order valence-electron chi connectivity index (χ3n) is 6.24. The molecule has 35 heavy (non-hydrogen) atoms. The van der Waals surface area contributed by atoms with Gasteiger partial charge >= 0.3 is 5.56 Å². The molecule has 0 saturated carbocycles. The van der Waals surface area contributed by atoms with Gasteiger partial charge in [0.25, 0.3) is 0 Å². The quantitative estimate of drug-likeness (QED) is 0.242. The summed E-state index contributed by atoms with van der Waals surface area (Å²) < 4.78 is 7.43. The number of hydrogen-bond donors (Lipinski definition) is 1. The lowest BCUT2D eigenvalue weighted by Crippen LogP contribution is -2.22. The molecule has 0 spiro atoms. The lowest BCUT2D eigenvalue weighted by atomic mass is 10.1. The first-order chi connectivity index (χ1) is 16.8. The average Bonchev–Trinajstić information content (AvgIpc) is 3.21. The minimum atomic E-state index is -0.300. The van der Waals surface area contributed by atoms with Gasteiger partial charge in [0.1, 0.15) is 11.1 Å². The smallest absolute Gasteiger partial charge is 0.302 e. The summed E-state index contributed by atoms with van der Waals surface area (Å²) in [6, 6.07) is 19.1. The van der Waals surface area contributed by atoms with E-state index in [2.05, 4.69) is 5.32 Å². The number of thioether (sulfide) groups is 1. The number of rotatable bonds is 5. The van der Waals surface area contributed by atoms with E-state index in [0.29, 0.717) is 21.9 Å². The summed E-state index contributed by atoms with van der Waals surface area (Å²) in [6.07, 6.45) is 0. The Balaban J connectivity index is 1.56. The van der Waals surface area contributed by atoms with Gasteiger partial charge < -0.3 is 9.73 Å². The zero-order valence-electron chi connectivity index (χ0n) is 20.0. The largest absolute Gasteiger partial charge is 0.448 e. The fourth-order valence-electron chi connectivity index (χ4n) is 3.96. The molecule has 3 aromatic carbocycles. The second kappa shape index (κ2) is 9.07. The zero-order valence-corrected chi connectivity index (χ0v) is 20.8. The molecule has 5 rings (SSSR count). The van der Waals surface area contributed by atoms with Crippen LogP contribution in [-0.4, -0.2) is 21.2 Å². The van der Waals surface area contributed by atoms with Crippen molar-refractivity contribution in [2.75, 3.05) is 11.1 Å². The summed E-state index contributed by atoms with van der Waals surface area (Å²) in [5.41, 5.74) is 6.90. The van der Waals surface area contributed by atoms with E-state index in [1.54, 1.807) is 0 Å². The molecule has 5 aromatic rings. The Labute approximate surface area is 207 Å². The molecule has 0 aliphatic rings. The van der Waals surface area contributed by atoms with Crippen LogP contribution < -0.4 is 10.9 Å². The van der Waals surface area contributed by atoms with Crippen LogP contribution in [0, 0.1) is 27.7 Å². The standard InChI is InChI=1S/C28H25N3O3S/c1-16-9-11-20(13-18(16)3)29-24(32)15-35-28-30-25-22-7-5-6-8-23(22)34-26(25)27(33)31(28)21-12-10-17(2)19(4)14-21/h5-14H,15H2,1-4H3,(H,29,32). The molecule has 0 bridgehead atoms. The Bertz CT molecular complexity index is 1670. The summed E-state index contributed by atoms with van der Waals surface area (Å²) in [4.78, 5) is 31.2. The number of nitrogens with one attached hydrogen (secondary N) is 1. The van der Waals surface area contributed by atoms with Gasteiger partial charge in [-0.2, -0.15) is 0 Å². The second-order valence-corrected chi connectivity index (χ2v) is 9.66. The van der Waals surface area contributed by atoms with Crippen molar-refractivity contribution in [3.63, 3.8) is 0 Å². The Morgan fingerprint density at radius 3 is 2.40 bits per heavy atom. The third kappa shape index (κ3) is 4.35. The molecule has 7 heteroatoms. The van der Waals surface area contributed by atoms with Crippen LogP contribution in [0.4, 0.5) is 5.69 Å². The summed E-state index contributed by atoms with van der Waals surface area (Å²) >= 11 is 1.23. The number of benzene rings is 3. The second-order valence-electron chi connectivity index (χ2n) is 8.72. The fraction of sp³-hybridized carbons (Fsp3) is 0.179. The van der Waals surface area contributed by atoms with Gasteiger partial charge in [0.05, 0.1) is 11.4 Å². The molecule has 1 N–H and O–H groups in total. The Morgan fingerprint density at radius 1 is 0.943 bits per heavy atom. The maximum atomic E-state index is 13.6. The SMILES string of the molecule is Cc1ccc(NC(=O)CSc2nc3c(oc4ccccc43)c(=O)n2-c2ccc(C)c(C)c2)cc1C. The predicted octanol–water partition coefficient (Wildman–Crippen LogP) is 6.10. The van der Waals surface area contributed by atoms with E-state index in [4.69, 9.17) is 9.40 Å². The molecule has 0 radical (unpaired) electrons. The molecule has 0 unspecified atom stereocenters. The van der Waals surface area contributed by atoms with Crippen LogP contribution in [0.1, 0.15) is 22.3 Å². The topological polar surface area (TPSA) is 77.1 Å². The number of furan rings is 1. The molecule has 2 heterocycles. The van der Waals surface area contributed by atoms with Crippen molar-refractivity contribution in [1.82, 2.24) is 9.55 Å². The van der Waals surface area contributed by atoms with Crippen molar-refractivity contribution in [3.05, 3.63) is 93.3 Å². The highest BCUT2D eigenvalue weighted by atomic mass is 32.2. The van der Waals surface area contributed by atoms with E-state index in [9.17, 15) is 9.59 Å². The van der Waals surface area contributed by atoms with Gasteiger partial charge in [-0.3, -0.25) is 14.2 Å². The maximum absolute atomic E-state index is 13.6. The van der Waals surface area contributed by atoms with Gasteiger partial charge in [-0.15, -0.1) is 0 Å². The van der Waals surface area contributed by atoms with Crippen LogP contribution in [0.15, 0.2) is 75.0 Å². The first kappa shape index (κ1) is 22.9. The summed E-state index contributed by atoms with van der Waals surface area (Å²) in [5.74, 6) is -0.0674. The van der Waals surface area contributed by atoms with E-state index < -0.39 is 0 Å². The molecule has 176 valence electrons. The normalized spacial score (nSPS) is 11.3. The van der Waals surface area contributed by atoms with Crippen LogP contribution in [0.3, 0.4) is 0 Å². The van der Waals surface area contributed by atoms with E-state index >= 15 is 0 Å². The Morgan fingerprint density at radius 2 is 1.66 bits per heavy atom. The lowest BCUT2D eigenvalue weighted by molar-refractivity contribution is -0.113. The first-order valence-electron chi connectivity index (χ1n) is 11.3. The summed E-state index contributed by atoms with van der Waals surface area (Å²) in [5, 5.41) is 4.15. The molecular weight excluding hydrogens is 458 g/mol. The lowest BCUT2D eigenvalue weighted by Gasteiger charge is -2.13. The van der Waals surface area contributed by atoms with Crippen LogP contribution >= 0.6 is 11.8 Å². The third-order valence-corrected chi connectivity index (χ3v) is 7.18. The van der Waals surface area contributed by atoms with Gasteiger partial charge in [0.2, 0.25) is 11.5 Å². The Hall–Kier alpha value is -3.84. The number of carbonyl (C=O) groups is 1. The number of carbonyl (C=O) groups excluding carboxylic acids is 1. The minimum absolute atomic E-state index is 0.103. The van der Waals surface area contributed by atoms with Crippen LogP contribution in [0.5, 0.6) is 0 Å². The van der Waals surface area contributed by atoms with Gasteiger partial charge in [0.15, 0.2) is 5.16 Å². The summed E-state index contributed by atoms with van der Waals surface area (Å²) in [7, 11) is 0. The summed E-state index contributed by atoms with van der Waals surface area (Å²) in [6.45, 7) is 8.07. The average molecular weight is 484 g/mol. The molecule has 1 amide bonds. The Kier molecular flexibility index (Phi) is 5.94. The van der Waals surface area contributed by atoms with Crippen LogP contribution in [0.25, 0.3) is 27.8 Å². The predicted molar refractivity (Wildman–Crippen MR) is 142 cm³/mol. The molecule has 0 atom stereocenters. The monoisotopic (exact) mass is 483 g/mol. The highest BCUT2D eigenvalue weighted by molar-refractivity contribution is 7.99. The maximum Gasteiger partial charge on any atom is 0.302 e. The fourth-order valence-corrected chi connectivity index (χ4v) is 4.76. The number of hydrogen-bond acceptors (Lipinski definition) is 5. The number of aryl methyl sites for hydroxylation is 4. The van der Waals surface area contributed by atoms with Crippen LogP contribution in [-0.2, 0) is 4.79 Å². The molecule has 0 aliphatic heterocycles. The van der Waals surface area contributed by atoms with Gasteiger partial charge in [0, 0.05) is 11.1 Å². The van der Waals surface area contributed by atoms with Gasteiger partial charge in [-0.05, 0) is 86.3 Å². The van der Waals surface area contributed by atoms with E-state index in [1.807, 2.05) is 88.4 Å². The minimum Gasteiger partial charge on any atom is -0.448 e. The van der Waals surface area contributed by atoms with Gasteiger partial charge in [-0.1, -0.05) is 36.0 Å². The van der Waals surface area contributed by atoms with Crippen molar-refractivity contribution in [3.8, 4) is 5.69 Å². The van der Waals surface area contributed by atoms with E-state index in [0.717, 1.165) is 27.8 Å². The van der Waals surface area contributed by atoms with Crippen molar-refractivity contribution < 1.29 is 9.21 Å². The number of aromatic nitrogens is 2. The van der Waals surface area contributed by atoms with Crippen molar-refractivity contribution in [2.45, 2.75) is 32.9 Å². The van der Waals surface area contributed by atoms with Crippen LogP contribution in [0.2, 0.25) is 0 Å². The molecule has 2 aromatic heterocycles. The number of anilines is 1. The van der Waals surface area contributed by atoms with E-state index in [1.165, 1.54) is 21.9 Å². The number of amides is 1. The first-order valence-corrected chi connectivity index (χ1v) is 12.3. The highest BCUT2D eigenvalue weighted by Crippen LogP contribution is 2.29. The number of nitrogens with zero attached hydrogens (tertiary/aromatic N) is 2. The van der Waals surface area contributed by atoms with Crippen molar-refractivity contribution >= 4 is 45.4 Å². The number of para-hydroxylation sites is 1. The van der Waals surface area contributed by atoms with Gasteiger partial charge in [-0.25, -0.2) is 4.98 Å². The van der Waals surface area contributed by atoms with E-state index in [-0.39, 0.29) is 22.8 Å². The van der Waals surface area contributed by atoms with Crippen molar-refractivity contribution in [2.24, 2.45) is 0 Å². The van der Waals surface area contributed by atoms with Crippen molar-refractivity contribution in [1.29, 1.82) is 0 Å². The molecule has 6 nitrogen and oxygen atoms in total. The zero-order chi connectivity index (χ0) is 24.7. The molecule has 0 aliphatic carbocycles.